The maximum atomic E-state index is 12.8. The molecule has 1 aromatic carbocycles. The van der Waals surface area contributed by atoms with Crippen molar-refractivity contribution in [3.8, 4) is 0 Å². The Bertz CT molecular complexity index is 702. The number of hydrogen-bond donors (Lipinski definition) is 1. The fraction of sp³-hybridized carbons (Fsp3) is 0.652. The van der Waals surface area contributed by atoms with Crippen LogP contribution in [0.15, 0.2) is 18.2 Å². The molecule has 29 heavy (non-hydrogen) atoms. The van der Waals surface area contributed by atoms with Crippen LogP contribution in [0.2, 0.25) is 0 Å². The number of benzene rings is 1. The lowest BCUT2D eigenvalue weighted by Gasteiger charge is -2.32. The van der Waals surface area contributed by atoms with Crippen molar-refractivity contribution in [1.82, 2.24) is 4.90 Å². The molecule has 0 saturated heterocycles. The molecule has 0 aliphatic heterocycles. The number of hydrogen-bond acceptors (Lipinski definition) is 4. The van der Waals surface area contributed by atoms with Gasteiger partial charge in [-0.05, 0) is 79.0 Å². The first-order chi connectivity index (χ1) is 13.2. The Hall–Kier alpha value is -2.24. The topological polar surface area (TPSA) is 67.9 Å². The summed E-state index contributed by atoms with van der Waals surface area (Å²) >= 11 is 0. The highest BCUT2D eigenvalue weighted by Crippen LogP contribution is 2.27. The fourth-order valence-electron chi connectivity index (χ4n) is 2.72. The van der Waals surface area contributed by atoms with E-state index in [1.54, 1.807) is 4.90 Å². The Kier molecular flexibility index (Phi) is 8.54. The summed E-state index contributed by atoms with van der Waals surface area (Å²) in [5.74, 6) is 0. The molecule has 0 spiro atoms. The molecule has 0 aromatic heterocycles. The van der Waals surface area contributed by atoms with Gasteiger partial charge < -0.3 is 14.4 Å². The molecule has 0 saturated carbocycles. The van der Waals surface area contributed by atoms with E-state index in [1.807, 2.05) is 73.6 Å². The van der Waals surface area contributed by atoms with Crippen molar-refractivity contribution in [2.45, 2.75) is 92.4 Å². The summed E-state index contributed by atoms with van der Waals surface area (Å²) in [6.45, 7) is 17.7. The smallest absolute Gasteiger partial charge is 0.412 e. The van der Waals surface area contributed by atoms with Crippen molar-refractivity contribution >= 4 is 17.9 Å². The van der Waals surface area contributed by atoms with Crippen molar-refractivity contribution in [3.63, 3.8) is 0 Å². The van der Waals surface area contributed by atoms with E-state index in [0.717, 1.165) is 24.0 Å². The van der Waals surface area contributed by atoms with Crippen molar-refractivity contribution in [1.29, 1.82) is 0 Å². The summed E-state index contributed by atoms with van der Waals surface area (Å²) in [6.07, 6.45) is 1.03. The second-order valence-electron chi connectivity index (χ2n) is 9.40. The second-order valence-corrected chi connectivity index (χ2v) is 9.40. The number of anilines is 1. The van der Waals surface area contributed by atoms with Crippen molar-refractivity contribution < 1.29 is 19.1 Å². The molecule has 0 radical (unpaired) electrons. The van der Waals surface area contributed by atoms with E-state index in [0.29, 0.717) is 12.2 Å². The molecule has 1 unspecified atom stereocenters. The number of rotatable bonds is 6. The summed E-state index contributed by atoms with van der Waals surface area (Å²) in [6, 6.07) is 5.61. The van der Waals surface area contributed by atoms with Gasteiger partial charge in [-0.15, -0.1) is 0 Å². The molecule has 0 fully saturated rings. The molecule has 2 amide bonds. The summed E-state index contributed by atoms with van der Waals surface area (Å²) in [5, 5.41) is 2.82. The second kappa shape index (κ2) is 9.99. The van der Waals surface area contributed by atoms with Crippen LogP contribution in [0.4, 0.5) is 15.3 Å². The van der Waals surface area contributed by atoms with Crippen LogP contribution in [-0.2, 0) is 9.47 Å². The number of carbonyl (C=O) groups excluding carboxylic acids is 2. The van der Waals surface area contributed by atoms with Crippen LogP contribution in [0.3, 0.4) is 0 Å². The lowest BCUT2D eigenvalue weighted by Crippen LogP contribution is -2.39. The molecular formula is C23H38N2O4. The van der Waals surface area contributed by atoms with E-state index in [-0.39, 0.29) is 12.1 Å². The molecule has 1 N–H and O–H groups in total. The normalized spacial score (nSPS) is 12.9. The lowest BCUT2D eigenvalue weighted by atomic mass is 10.0. The zero-order valence-corrected chi connectivity index (χ0v) is 19.5. The predicted octanol–water partition coefficient (Wildman–Crippen LogP) is 6.44. The predicted molar refractivity (Wildman–Crippen MR) is 117 cm³/mol. The van der Waals surface area contributed by atoms with E-state index in [1.165, 1.54) is 0 Å². The van der Waals surface area contributed by atoms with E-state index in [4.69, 9.17) is 9.47 Å². The molecule has 1 rings (SSSR count). The first-order valence-electron chi connectivity index (χ1n) is 10.3. The van der Waals surface area contributed by atoms with Crippen LogP contribution >= 0.6 is 0 Å². The van der Waals surface area contributed by atoms with Crippen LogP contribution in [0.25, 0.3) is 0 Å². The Labute approximate surface area is 175 Å². The number of nitrogens with one attached hydrogen (secondary N) is 1. The maximum absolute atomic E-state index is 12.8. The molecule has 164 valence electrons. The number of ether oxygens (including phenoxy) is 2. The van der Waals surface area contributed by atoms with E-state index in [2.05, 4.69) is 12.2 Å². The number of unbranched alkanes of at least 4 members (excludes halogenated alkanes) is 1. The molecular weight excluding hydrogens is 368 g/mol. The minimum Gasteiger partial charge on any atom is -0.444 e. The molecule has 0 bridgehead atoms. The Morgan fingerprint density at radius 3 is 2.17 bits per heavy atom. The minimum absolute atomic E-state index is 0.198. The molecule has 1 aromatic rings. The average Bonchev–Trinajstić information content (AvgIpc) is 2.53. The molecule has 6 nitrogen and oxygen atoms in total. The van der Waals surface area contributed by atoms with E-state index < -0.39 is 17.3 Å². The molecule has 1 atom stereocenters. The van der Waals surface area contributed by atoms with E-state index >= 15 is 0 Å². The number of carbonyl (C=O) groups is 2. The Balaban J connectivity index is 3.09. The maximum Gasteiger partial charge on any atom is 0.412 e. The van der Waals surface area contributed by atoms with Gasteiger partial charge in [0, 0.05) is 12.2 Å². The summed E-state index contributed by atoms with van der Waals surface area (Å²) in [4.78, 5) is 26.7. The van der Waals surface area contributed by atoms with Crippen molar-refractivity contribution in [3.05, 3.63) is 29.3 Å². The third-order valence-corrected chi connectivity index (χ3v) is 4.23. The van der Waals surface area contributed by atoms with E-state index in [9.17, 15) is 9.59 Å². The average molecular weight is 407 g/mol. The summed E-state index contributed by atoms with van der Waals surface area (Å²) in [5.41, 5.74) is 1.38. The fourth-order valence-corrected chi connectivity index (χ4v) is 2.72. The molecule has 0 aliphatic rings. The van der Waals surface area contributed by atoms with Gasteiger partial charge in [-0.1, -0.05) is 25.5 Å². The number of nitrogens with zero attached hydrogens (tertiary/aromatic N) is 1. The van der Waals surface area contributed by atoms with Crippen LogP contribution in [-0.4, -0.2) is 34.8 Å². The minimum atomic E-state index is -0.573. The third kappa shape index (κ3) is 8.75. The van der Waals surface area contributed by atoms with Crippen molar-refractivity contribution in [2.75, 3.05) is 11.9 Å². The van der Waals surface area contributed by atoms with Gasteiger partial charge >= 0.3 is 12.2 Å². The highest BCUT2D eigenvalue weighted by molar-refractivity contribution is 5.86. The van der Waals surface area contributed by atoms with Gasteiger partial charge in [0.05, 0.1) is 6.04 Å². The van der Waals surface area contributed by atoms with Gasteiger partial charge in [0.15, 0.2) is 0 Å². The zero-order chi connectivity index (χ0) is 22.4. The highest BCUT2D eigenvalue weighted by atomic mass is 16.6. The van der Waals surface area contributed by atoms with Gasteiger partial charge in [-0.3, -0.25) is 5.32 Å². The van der Waals surface area contributed by atoms with Gasteiger partial charge in [-0.25, -0.2) is 9.59 Å². The highest BCUT2D eigenvalue weighted by Gasteiger charge is 2.27. The molecule has 6 heteroatoms. The van der Waals surface area contributed by atoms with Gasteiger partial charge in [0.25, 0.3) is 0 Å². The molecule has 0 aliphatic carbocycles. The first kappa shape index (κ1) is 24.8. The van der Waals surface area contributed by atoms with Crippen LogP contribution in [0.1, 0.15) is 85.4 Å². The number of aryl methyl sites for hydroxylation is 1. The van der Waals surface area contributed by atoms with Crippen LogP contribution < -0.4 is 5.32 Å². The third-order valence-electron chi connectivity index (χ3n) is 4.23. The lowest BCUT2D eigenvalue weighted by molar-refractivity contribution is 0.0170. The Morgan fingerprint density at radius 1 is 1.07 bits per heavy atom. The van der Waals surface area contributed by atoms with Crippen molar-refractivity contribution in [2.24, 2.45) is 0 Å². The first-order valence-corrected chi connectivity index (χ1v) is 10.3. The van der Waals surface area contributed by atoms with Crippen LogP contribution in [0, 0.1) is 6.92 Å². The van der Waals surface area contributed by atoms with Gasteiger partial charge in [0.1, 0.15) is 11.2 Å². The van der Waals surface area contributed by atoms with Gasteiger partial charge in [-0.2, -0.15) is 0 Å². The summed E-state index contributed by atoms with van der Waals surface area (Å²) in [7, 11) is 0. The standard InChI is InChI=1S/C23H38N2O4/c1-10-11-14-25(21(27)29-23(7,8)9)17(3)18-13-12-16(2)19(15-18)24-20(26)28-22(4,5)6/h12-13,15,17H,10-11,14H2,1-9H3,(H,24,26). The monoisotopic (exact) mass is 406 g/mol. The zero-order valence-electron chi connectivity index (χ0n) is 19.5. The number of amides is 2. The van der Waals surface area contributed by atoms with Gasteiger partial charge in [0.2, 0.25) is 0 Å². The molecule has 0 heterocycles. The summed E-state index contributed by atoms with van der Waals surface area (Å²) < 4.78 is 11.0. The Morgan fingerprint density at radius 2 is 1.66 bits per heavy atom. The quantitative estimate of drug-likeness (QED) is 0.590. The SMILES string of the molecule is CCCCN(C(=O)OC(C)(C)C)C(C)c1ccc(C)c(NC(=O)OC(C)(C)C)c1. The van der Waals surface area contributed by atoms with Crippen LogP contribution in [0.5, 0.6) is 0 Å². The largest absolute Gasteiger partial charge is 0.444 e.